The third-order valence-corrected chi connectivity index (χ3v) is 4.59. The Bertz CT molecular complexity index is 795. The Morgan fingerprint density at radius 1 is 1.09 bits per heavy atom. The molecule has 0 radical (unpaired) electrons. The van der Waals surface area contributed by atoms with E-state index < -0.39 is 6.04 Å². The Morgan fingerprint density at radius 3 is 2.48 bits per heavy atom. The van der Waals surface area contributed by atoms with Gasteiger partial charge in [-0.1, -0.05) is 46.0 Å². The summed E-state index contributed by atoms with van der Waals surface area (Å²) in [7, 11) is 0. The summed E-state index contributed by atoms with van der Waals surface area (Å²) in [5, 5.41) is 4.36. The molecule has 0 saturated carbocycles. The maximum Gasteiger partial charge on any atom is 0.259 e. The number of anilines is 1. The normalized spacial score (nSPS) is 16.8. The van der Waals surface area contributed by atoms with Crippen LogP contribution in [0.4, 0.5) is 5.69 Å². The van der Waals surface area contributed by atoms with Gasteiger partial charge in [0, 0.05) is 22.2 Å². The lowest BCUT2D eigenvalue weighted by Crippen LogP contribution is -2.36. The summed E-state index contributed by atoms with van der Waals surface area (Å²) in [4.78, 5) is 25.4. The van der Waals surface area contributed by atoms with E-state index in [2.05, 4.69) is 5.18 Å². The van der Waals surface area contributed by atoms with Crippen molar-refractivity contribution in [3.05, 3.63) is 67.5 Å². The molecule has 1 atom stereocenters. The highest BCUT2D eigenvalue weighted by molar-refractivity contribution is 6.37. The zero-order valence-electron chi connectivity index (χ0n) is 11.8. The Labute approximate surface area is 147 Å². The minimum Gasteiger partial charge on any atom is -0.308 e. The van der Waals surface area contributed by atoms with Crippen LogP contribution in [0.2, 0.25) is 15.1 Å². The Hall–Kier alpha value is -1.62. The van der Waals surface area contributed by atoms with Gasteiger partial charge in [0.15, 0.2) is 0 Å². The Morgan fingerprint density at radius 2 is 1.78 bits per heavy atom. The van der Waals surface area contributed by atoms with Gasteiger partial charge in [0.1, 0.15) is 6.04 Å². The number of fused-ring (bicyclic) bond motifs is 1. The van der Waals surface area contributed by atoms with Crippen LogP contribution in [0.15, 0.2) is 41.6 Å². The molecule has 0 N–H and O–H groups in total. The van der Waals surface area contributed by atoms with Crippen molar-refractivity contribution in [3.8, 4) is 0 Å². The minimum atomic E-state index is -0.480. The van der Waals surface area contributed by atoms with Gasteiger partial charge in [-0.3, -0.25) is 4.79 Å². The zero-order chi connectivity index (χ0) is 16.6. The predicted molar refractivity (Wildman–Crippen MR) is 92.7 cm³/mol. The molecule has 0 bridgehead atoms. The van der Waals surface area contributed by atoms with Crippen molar-refractivity contribution in [2.45, 2.75) is 12.5 Å². The molecule has 0 aromatic heterocycles. The molecule has 0 fully saturated rings. The third kappa shape index (κ3) is 3.07. The van der Waals surface area contributed by atoms with E-state index in [1.54, 1.807) is 35.2 Å². The zero-order valence-corrected chi connectivity index (χ0v) is 14.1. The van der Waals surface area contributed by atoms with Crippen LogP contribution in [0, 0.1) is 4.91 Å². The average Bonchev–Trinajstić information content (AvgIpc) is 2.53. The number of benzene rings is 2. The molecule has 0 aliphatic carbocycles. The fourth-order valence-electron chi connectivity index (χ4n) is 2.69. The minimum absolute atomic E-state index is 0.264. The number of carbonyl (C=O) groups is 1. The summed E-state index contributed by atoms with van der Waals surface area (Å²) in [6.45, 7) is 0.363. The standard InChI is InChI=1S/C16H11Cl3N2O2/c17-9-1-3-11(13(19)7-9)16(22)21-6-5-14(20-23)12-4-2-10(18)8-15(12)21/h1-4,7-8,14H,5-6H2. The van der Waals surface area contributed by atoms with Crippen molar-refractivity contribution < 1.29 is 4.79 Å². The van der Waals surface area contributed by atoms with Gasteiger partial charge in [0.2, 0.25) is 0 Å². The smallest absolute Gasteiger partial charge is 0.259 e. The topological polar surface area (TPSA) is 49.7 Å². The van der Waals surface area contributed by atoms with Crippen LogP contribution in [-0.4, -0.2) is 12.5 Å². The monoisotopic (exact) mass is 368 g/mol. The van der Waals surface area contributed by atoms with Gasteiger partial charge >= 0.3 is 0 Å². The first-order chi connectivity index (χ1) is 11.0. The molecular weight excluding hydrogens is 359 g/mol. The summed E-state index contributed by atoms with van der Waals surface area (Å²) in [6, 6.07) is 9.31. The van der Waals surface area contributed by atoms with E-state index in [0.29, 0.717) is 39.8 Å². The fraction of sp³-hybridized carbons (Fsp3) is 0.188. The van der Waals surface area contributed by atoms with Gasteiger partial charge in [-0.15, -0.1) is 0 Å². The van der Waals surface area contributed by atoms with Gasteiger partial charge in [-0.2, -0.15) is 4.91 Å². The third-order valence-electron chi connectivity index (χ3n) is 3.80. The molecule has 4 nitrogen and oxygen atoms in total. The number of amides is 1. The van der Waals surface area contributed by atoms with Crippen molar-refractivity contribution in [2.24, 2.45) is 5.18 Å². The van der Waals surface area contributed by atoms with Crippen LogP contribution in [0.5, 0.6) is 0 Å². The quantitative estimate of drug-likeness (QED) is 0.656. The number of nitrogens with zero attached hydrogens (tertiary/aromatic N) is 2. The molecule has 2 aromatic carbocycles. The molecule has 118 valence electrons. The first kappa shape index (κ1) is 16.2. The Kier molecular flexibility index (Phi) is 4.57. The maximum atomic E-state index is 12.8. The van der Waals surface area contributed by atoms with Crippen LogP contribution < -0.4 is 4.90 Å². The van der Waals surface area contributed by atoms with Crippen molar-refractivity contribution >= 4 is 46.4 Å². The lowest BCUT2D eigenvalue weighted by molar-refractivity contribution is 0.0984. The lowest BCUT2D eigenvalue weighted by atomic mass is 9.96. The van der Waals surface area contributed by atoms with Crippen molar-refractivity contribution in [3.63, 3.8) is 0 Å². The SMILES string of the molecule is O=NC1CCN(C(=O)c2ccc(Cl)cc2Cl)c2cc(Cl)ccc21. The second kappa shape index (κ2) is 6.48. The van der Waals surface area contributed by atoms with Gasteiger partial charge in [-0.05, 0) is 36.8 Å². The van der Waals surface area contributed by atoms with Crippen molar-refractivity contribution in [1.82, 2.24) is 0 Å². The number of rotatable bonds is 2. The van der Waals surface area contributed by atoms with E-state index in [1.807, 2.05) is 0 Å². The number of halogens is 3. The van der Waals surface area contributed by atoms with E-state index in [9.17, 15) is 9.70 Å². The summed E-state index contributed by atoms with van der Waals surface area (Å²) >= 11 is 18.1. The number of nitroso groups, excluding NO2 is 1. The summed E-state index contributed by atoms with van der Waals surface area (Å²) in [5.41, 5.74) is 1.62. The molecule has 1 unspecified atom stereocenters. The lowest BCUT2D eigenvalue weighted by Gasteiger charge is -2.32. The van der Waals surface area contributed by atoms with Crippen LogP contribution in [-0.2, 0) is 0 Å². The van der Waals surface area contributed by atoms with Crippen LogP contribution in [0.1, 0.15) is 28.4 Å². The number of hydrogen-bond donors (Lipinski definition) is 0. The fourth-order valence-corrected chi connectivity index (χ4v) is 3.34. The highest BCUT2D eigenvalue weighted by atomic mass is 35.5. The van der Waals surface area contributed by atoms with Crippen LogP contribution in [0.3, 0.4) is 0 Å². The van der Waals surface area contributed by atoms with Gasteiger partial charge < -0.3 is 4.90 Å². The molecule has 0 saturated heterocycles. The predicted octanol–water partition coefficient (Wildman–Crippen LogP) is 5.50. The average molecular weight is 370 g/mol. The van der Waals surface area contributed by atoms with E-state index >= 15 is 0 Å². The molecular formula is C16H11Cl3N2O2. The number of carbonyl (C=O) groups excluding carboxylic acids is 1. The maximum absolute atomic E-state index is 12.8. The van der Waals surface area contributed by atoms with Gasteiger partial charge in [0.05, 0.1) is 16.3 Å². The summed E-state index contributed by atoms with van der Waals surface area (Å²) in [5.74, 6) is -0.264. The summed E-state index contributed by atoms with van der Waals surface area (Å²) < 4.78 is 0. The van der Waals surface area contributed by atoms with E-state index in [1.165, 1.54) is 6.07 Å². The molecule has 1 aliphatic heterocycles. The highest BCUT2D eigenvalue weighted by Gasteiger charge is 2.30. The van der Waals surface area contributed by atoms with Crippen LogP contribution >= 0.6 is 34.8 Å². The van der Waals surface area contributed by atoms with Gasteiger partial charge in [-0.25, -0.2) is 0 Å². The molecule has 0 spiro atoms. The largest absolute Gasteiger partial charge is 0.308 e. The Balaban J connectivity index is 2.05. The highest BCUT2D eigenvalue weighted by Crippen LogP contribution is 2.38. The molecule has 2 aromatic rings. The van der Waals surface area contributed by atoms with Crippen LogP contribution in [0.25, 0.3) is 0 Å². The summed E-state index contributed by atoms with van der Waals surface area (Å²) in [6.07, 6.45) is 0.453. The van der Waals surface area contributed by atoms with E-state index in [-0.39, 0.29) is 10.9 Å². The van der Waals surface area contributed by atoms with Crippen molar-refractivity contribution in [2.75, 3.05) is 11.4 Å². The number of hydrogen-bond acceptors (Lipinski definition) is 3. The molecule has 1 heterocycles. The molecule has 1 aliphatic rings. The van der Waals surface area contributed by atoms with E-state index in [0.717, 1.165) is 0 Å². The first-order valence-electron chi connectivity index (χ1n) is 6.90. The molecule has 3 rings (SSSR count). The second-order valence-electron chi connectivity index (χ2n) is 5.19. The first-order valence-corrected chi connectivity index (χ1v) is 8.03. The van der Waals surface area contributed by atoms with Crippen molar-refractivity contribution in [1.29, 1.82) is 0 Å². The molecule has 7 heteroatoms. The molecule has 1 amide bonds. The van der Waals surface area contributed by atoms with Gasteiger partial charge in [0.25, 0.3) is 5.91 Å². The second-order valence-corrected chi connectivity index (χ2v) is 6.47. The molecule has 23 heavy (non-hydrogen) atoms. The van der Waals surface area contributed by atoms with E-state index in [4.69, 9.17) is 34.8 Å².